The first-order chi connectivity index (χ1) is 20.6. The first-order valence-corrected chi connectivity index (χ1v) is 14.9. The van der Waals surface area contributed by atoms with Crippen molar-refractivity contribution in [3.8, 4) is 11.1 Å². The summed E-state index contributed by atoms with van der Waals surface area (Å²) in [6, 6.07) is 28.8. The Morgan fingerprint density at radius 1 is 0.907 bits per heavy atom. The molecule has 4 aromatic rings. The number of carbonyl (C=O) groups is 1. The lowest BCUT2D eigenvalue weighted by molar-refractivity contribution is -0.137. The number of carbonyl (C=O) groups excluding carboxylic acids is 1. The number of rotatable bonds is 10. The fourth-order valence-corrected chi connectivity index (χ4v) is 4.30. The van der Waals surface area contributed by atoms with Crippen molar-refractivity contribution in [1.82, 2.24) is 10.6 Å². The third-order valence-electron chi connectivity index (χ3n) is 6.37. The summed E-state index contributed by atoms with van der Waals surface area (Å²) in [4.78, 5) is 13.3. The van der Waals surface area contributed by atoms with Gasteiger partial charge in [0.15, 0.2) is 0 Å². The Morgan fingerprint density at radius 2 is 1.53 bits per heavy atom. The molecule has 0 aliphatic heterocycles. The van der Waals surface area contributed by atoms with E-state index < -0.39 is 17.6 Å². The average molecular weight is 621 g/mol. The molecular formula is C35H33ClF3N2OP. The molecule has 2 unspecified atom stereocenters. The Balaban J connectivity index is 0.00000248. The molecule has 0 fully saturated rings. The minimum atomic E-state index is -4.50. The van der Waals surface area contributed by atoms with Crippen LogP contribution in [0.1, 0.15) is 27.0 Å². The van der Waals surface area contributed by atoms with Gasteiger partial charge in [-0.15, -0.1) is 15.8 Å². The van der Waals surface area contributed by atoms with Crippen molar-refractivity contribution in [2.45, 2.75) is 18.6 Å². The summed E-state index contributed by atoms with van der Waals surface area (Å²) in [5.41, 5.74) is 3.34. The largest absolute Gasteiger partial charge is 0.416 e. The van der Waals surface area contributed by atoms with E-state index in [9.17, 15) is 18.0 Å². The van der Waals surface area contributed by atoms with Gasteiger partial charge in [0.05, 0.1) is 17.0 Å². The van der Waals surface area contributed by atoms with Gasteiger partial charge < -0.3 is 10.6 Å². The number of alkyl halides is 3. The quantitative estimate of drug-likeness (QED) is 0.105. The van der Waals surface area contributed by atoms with Gasteiger partial charge in [-0.05, 0) is 71.1 Å². The van der Waals surface area contributed by atoms with E-state index in [0.717, 1.165) is 28.8 Å². The molecule has 0 saturated carbocycles. The molecule has 0 heterocycles. The number of amides is 1. The van der Waals surface area contributed by atoms with Gasteiger partial charge >= 0.3 is 6.18 Å². The van der Waals surface area contributed by atoms with E-state index in [0.29, 0.717) is 22.7 Å². The zero-order chi connectivity index (χ0) is 31.4. The second-order valence-electron chi connectivity index (χ2n) is 9.37. The molecule has 0 spiro atoms. The predicted molar refractivity (Wildman–Crippen MR) is 176 cm³/mol. The van der Waals surface area contributed by atoms with Gasteiger partial charge in [-0.25, -0.2) is 0 Å². The Morgan fingerprint density at radius 3 is 2.14 bits per heavy atom. The van der Waals surface area contributed by atoms with Crippen molar-refractivity contribution < 1.29 is 18.0 Å². The number of halogens is 4. The van der Waals surface area contributed by atoms with Crippen LogP contribution in [0.2, 0.25) is 5.02 Å². The molecule has 0 saturated heterocycles. The van der Waals surface area contributed by atoms with E-state index in [1.54, 1.807) is 30.3 Å². The van der Waals surface area contributed by atoms with E-state index in [2.05, 4.69) is 33.0 Å². The fraction of sp³-hybridized carbons (Fsp3) is 0.114. The Hall–Kier alpha value is -4.12. The highest BCUT2D eigenvalue weighted by molar-refractivity contribution is 7.15. The summed E-state index contributed by atoms with van der Waals surface area (Å²) in [7, 11) is 2.42. The first kappa shape index (κ1) is 33.4. The van der Waals surface area contributed by atoms with E-state index in [4.69, 9.17) is 11.6 Å². The second-order valence-corrected chi connectivity index (χ2v) is 9.81. The van der Waals surface area contributed by atoms with Gasteiger partial charge in [-0.3, -0.25) is 4.79 Å². The van der Waals surface area contributed by atoms with Gasteiger partial charge in [-0.1, -0.05) is 97.7 Å². The number of nitrogens with one attached hydrogen (secondary N) is 2. The number of hydrogen-bond acceptors (Lipinski definition) is 2. The van der Waals surface area contributed by atoms with Crippen LogP contribution < -0.4 is 10.6 Å². The van der Waals surface area contributed by atoms with Crippen molar-refractivity contribution in [2.24, 2.45) is 0 Å². The summed E-state index contributed by atoms with van der Waals surface area (Å²) < 4.78 is 40.1. The van der Waals surface area contributed by atoms with Crippen LogP contribution in [-0.2, 0) is 12.6 Å². The molecule has 4 aromatic carbocycles. The Bertz CT molecular complexity index is 1550. The molecule has 2 N–H and O–H groups in total. The van der Waals surface area contributed by atoms with Crippen molar-refractivity contribution in [1.29, 1.82) is 0 Å². The minimum absolute atomic E-state index is 0.226. The molecule has 0 bridgehead atoms. The van der Waals surface area contributed by atoms with Gasteiger partial charge in [-0.2, -0.15) is 13.2 Å². The van der Waals surface area contributed by atoms with Crippen molar-refractivity contribution in [2.75, 3.05) is 6.66 Å². The molecule has 4 rings (SSSR count). The molecule has 43 heavy (non-hydrogen) atoms. The summed E-state index contributed by atoms with van der Waals surface area (Å²) >= 11 is 6.00. The predicted octanol–water partition coefficient (Wildman–Crippen LogP) is 9.19. The molecule has 3 nitrogen and oxygen atoms in total. The molecule has 222 valence electrons. The first-order valence-electron chi connectivity index (χ1n) is 13.4. The Kier molecular flexibility index (Phi) is 12.4. The van der Waals surface area contributed by atoms with Crippen LogP contribution in [-0.4, -0.2) is 18.6 Å². The lowest BCUT2D eigenvalue weighted by Gasteiger charge is -2.21. The van der Waals surface area contributed by atoms with Crippen molar-refractivity contribution in [3.05, 3.63) is 161 Å². The van der Waals surface area contributed by atoms with Crippen molar-refractivity contribution >= 4 is 32.8 Å². The van der Waals surface area contributed by atoms with E-state index in [-0.39, 0.29) is 17.3 Å². The Labute approximate surface area is 258 Å². The third kappa shape index (κ3) is 9.99. The van der Waals surface area contributed by atoms with E-state index in [1.165, 1.54) is 18.2 Å². The SMILES string of the molecule is C=CC(Cc1ccc(Cl)cc1)NC(=C)/C(=C\c1cccc(C(F)(F)F)c1)NC(=O)c1ccc(-c2ccccc2)cc1.CP. The van der Waals surface area contributed by atoms with Gasteiger partial charge in [0.1, 0.15) is 0 Å². The van der Waals surface area contributed by atoms with Crippen molar-refractivity contribution in [3.63, 3.8) is 0 Å². The molecule has 0 aliphatic rings. The maximum Gasteiger partial charge on any atom is 0.416 e. The lowest BCUT2D eigenvalue weighted by atomic mass is 10.0. The zero-order valence-corrected chi connectivity index (χ0v) is 25.6. The summed E-state index contributed by atoms with van der Waals surface area (Å²) in [5.74, 6) is -0.432. The average Bonchev–Trinajstić information content (AvgIpc) is 3.02. The molecule has 0 aromatic heterocycles. The van der Waals surface area contributed by atoms with Crippen LogP contribution in [0.25, 0.3) is 17.2 Å². The smallest absolute Gasteiger partial charge is 0.377 e. The highest BCUT2D eigenvalue weighted by atomic mass is 35.5. The molecule has 1 amide bonds. The molecule has 2 atom stereocenters. The van der Waals surface area contributed by atoms with E-state index >= 15 is 0 Å². The van der Waals surface area contributed by atoms with Gasteiger partial charge in [0.25, 0.3) is 5.91 Å². The molecule has 8 heteroatoms. The number of hydrogen-bond donors (Lipinski definition) is 2. The van der Waals surface area contributed by atoms with Crippen LogP contribution >= 0.6 is 20.8 Å². The standard InChI is InChI=1S/C34H28ClF3N2O.CH5P/c1-3-31(21-24-12-18-30(35)19-13-24)39-23(2)32(22-25-8-7-11-29(20-25)34(36,37)38)40-33(41)28-16-14-27(15-17-28)26-9-5-4-6-10-26;1-2/h3-20,22,31,39H,1-2,21H2,(H,40,41);2H2,1H3/b32-22+;. The maximum atomic E-state index is 13.4. The monoisotopic (exact) mass is 620 g/mol. The molecular weight excluding hydrogens is 588 g/mol. The van der Waals surface area contributed by atoms with Gasteiger partial charge in [0.2, 0.25) is 0 Å². The molecule has 0 aliphatic carbocycles. The normalized spacial score (nSPS) is 11.9. The molecule has 0 radical (unpaired) electrons. The highest BCUT2D eigenvalue weighted by Gasteiger charge is 2.30. The minimum Gasteiger partial charge on any atom is -0.377 e. The fourth-order valence-electron chi connectivity index (χ4n) is 4.18. The van der Waals surface area contributed by atoms with Crippen LogP contribution in [0.15, 0.2) is 134 Å². The summed E-state index contributed by atoms with van der Waals surface area (Å²) in [5, 5.41) is 6.68. The summed E-state index contributed by atoms with van der Waals surface area (Å²) in [6.45, 7) is 9.89. The maximum absolute atomic E-state index is 13.4. The highest BCUT2D eigenvalue weighted by Crippen LogP contribution is 2.30. The zero-order valence-electron chi connectivity index (χ0n) is 23.7. The topological polar surface area (TPSA) is 41.1 Å². The van der Waals surface area contributed by atoms with Crippen LogP contribution in [0.4, 0.5) is 13.2 Å². The van der Waals surface area contributed by atoms with Crippen LogP contribution in [0, 0.1) is 0 Å². The van der Waals surface area contributed by atoms with Crippen LogP contribution in [0.5, 0.6) is 0 Å². The second kappa shape index (κ2) is 15.9. The summed E-state index contributed by atoms with van der Waals surface area (Å²) in [6.07, 6.45) is -0.796. The third-order valence-corrected chi connectivity index (χ3v) is 6.62. The van der Waals surface area contributed by atoms with E-state index in [1.807, 2.05) is 61.3 Å². The number of benzene rings is 4. The van der Waals surface area contributed by atoms with Gasteiger partial charge in [0, 0.05) is 16.6 Å². The van der Waals surface area contributed by atoms with Crippen LogP contribution in [0.3, 0.4) is 0 Å². The lowest BCUT2D eigenvalue weighted by Crippen LogP contribution is -2.33.